The van der Waals surface area contributed by atoms with Crippen LogP contribution in [0.4, 0.5) is 35.1 Å². The van der Waals surface area contributed by atoms with Crippen LogP contribution >= 0.6 is 0 Å². The fourth-order valence-corrected chi connectivity index (χ4v) is 2.02. The fourth-order valence-electron chi connectivity index (χ4n) is 2.02. The lowest BCUT2D eigenvalue weighted by atomic mass is 10.2. The van der Waals surface area contributed by atoms with E-state index in [-0.39, 0.29) is 5.56 Å². The molecule has 0 saturated carbocycles. The van der Waals surface area contributed by atoms with Crippen LogP contribution in [0, 0.1) is 0 Å². The normalized spacial score (nSPS) is 34.1. The molecule has 0 unspecified atom stereocenters. The molecule has 0 bridgehead atoms. The van der Waals surface area contributed by atoms with Gasteiger partial charge in [-0.05, 0) is 5.56 Å². The summed E-state index contributed by atoms with van der Waals surface area (Å²) in [6, 6.07) is 6.47. The van der Waals surface area contributed by atoms with Crippen LogP contribution < -0.4 is 0 Å². The number of halogens is 8. The standard InChI is InChI=1S/C11H7F8N/c12-8(10(14,15)16)9(13,11(17,18)19)20(8)6-7-4-2-1-3-5-7/h1-5H,6H2/t8-,9-/m1/s1. The molecule has 1 nitrogen and oxygen atoms in total. The summed E-state index contributed by atoms with van der Waals surface area (Å²) in [6.07, 6.45) is -12.0. The van der Waals surface area contributed by atoms with Crippen LogP contribution in [-0.4, -0.2) is 28.8 Å². The first-order chi connectivity index (χ1) is 8.96. The van der Waals surface area contributed by atoms with Crippen molar-refractivity contribution in [2.75, 3.05) is 0 Å². The second-order valence-corrected chi connectivity index (χ2v) is 4.31. The predicted octanol–water partition coefficient (Wildman–Crippen LogP) is 3.96. The highest BCUT2D eigenvalue weighted by molar-refractivity contribution is 5.27. The highest BCUT2D eigenvalue weighted by Crippen LogP contribution is 2.68. The van der Waals surface area contributed by atoms with E-state index in [1.54, 1.807) is 0 Å². The van der Waals surface area contributed by atoms with Crippen LogP contribution in [0.25, 0.3) is 0 Å². The Kier molecular flexibility index (Phi) is 3.05. The number of alkyl halides is 8. The number of hydrogen-bond donors (Lipinski definition) is 0. The number of benzene rings is 1. The van der Waals surface area contributed by atoms with Gasteiger partial charge in [-0.1, -0.05) is 30.3 Å². The topological polar surface area (TPSA) is 3.01 Å². The zero-order valence-corrected chi connectivity index (χ0v) is 9.56. The predicted molar refractivity (Wildman–Crippen MR) is 51.8 cm³/mol. The molecule has 112 valence electrons. The fraction of sp³-hybridized carbons (Fsp3) is 0.455. The third-order valence-electron chi connectivity index (χ3n) is 3.07. The van der Waals surface area contributed by atoms with E-state index >= 15 is 0 Å². The molecule has 20 heavy (non-hydrogen) atoms. The van der Waals surface area contributed by atoms with Gasteiger partial charge in [0.2, 0.25) is 0 Å². The summed E-state index contributed by atoms with van der Waals surface area (Å²) >= 11 is 0. The summed E-state index contributed by atoms with van der Waals surface area (Å²) in [5.74, 6) is -10.1. The monoisotopic (exact) mass is 305 g/mol. The molecule has 2 rings (SSSR count). The van der Waals surface area contributed by atoms with Crippen molar-refractivity contribution in [3.8, 4) is 0 Å². The molecule has 0 N–H and O–H groups in total. The molecule has 1 aliphatic rings. The average Bonchev–Trinajstić information content (AvgIpc) is 2.81. The maximum absolute atomic E-state index is 13.6. The second-order valence-electron chi connectivity index (χ2n) is 4.31. The van der Waals surface area contributed by atoms with Gasteiger partial charge in [0.15, 0.2) is 0 Å². The molecule has 2 atom stereocenters. The molecule has 0 spiro atoms. The molecule has 9 heteroatoms. The lowest BCUT2D eigenvalue weighted by Crippen LogP contribution is -2.42. The van der Waals surface area contributed by atoms with E-state index in [0.717, 1.165) is 0 Å². The SMILES string of the molecule is FC(F)(F)[C@]1(F)N(Cc2ccccc2)[C@@]1(F)C(F)(F)F. The van der Waals surface area contributed by atoms with E-state index in [9.17, 15) is 35.1 Å². The van der Waals surface area contributed by atoms with Crippen molar-refractivity contribution in [1.82, 2.24) is 4.90 Å². The highest BCUT2D eigenvalue weighted by atomic mass is 19.4. The Morgan fingerprint density at radius 1 is 0.800 bits per heavy atom. The minimum Gasteiger partial charge on any atom is -0.210 e. The first kappa shape index (κ1) is 15.0. The molecule has 1 aromatic carbocycles. The molecule has 0 aromatic heterocycles. The largest absolute Gasteiger partial charge is 0.441 e. The summed E-state index contributed by atoms with van der Waals surface area (Å²) in [5, 5.41) is 0. The minimum absolute atomic E-state index is 0.0671. The van der Waals surface area contributed by atoms with Gasteiger partial charge in [0.05, 0.1) is 0 Å². The Labute approximate surface area is 107 Å². The average molecular weight is 305 g/mol. The summed E-state index contributed by atoms with van der Waals surface area (Å²) in [4.78, 5) is -0.880. The highest BCUT2D eigenvalue weighted by Gasteiger charge is 2.99. The Hall–Kier alpha value is -1.38. The summed E-state index contributed by atoms with van der Waals surface area (Å²) in [5.41, 5.74) is -0.0671. The first-order valence-corrected chi connectivity index (χ1v) is 5.29. The molecule has 1 heterocycles. The Morgan fingerprint density at radius 2 is 1.20 bits per heavy atom. The summed E-state index contributed by atoms with van der Waals surface area (Å²) in [7, 11) is 0. The summed E-state index contributed by atoms with van der Waals surface area (Å²) < 4.78 is 102. The van der Waals surface area contributed by atoms with Gasteiger partial charge in [0.25, 0.3) is 0 Å². The van der Waals surface area contributed by atoms with Crippen LogP contribution in [0.15, 0.2) is 30.3 Å². The number of rotatable bonds is 2. The zero-order chi connectivity index (χ0) is 15.4. The lowest BCUT2D eigenvalue weighted by Gasteiger charge is -2.14. The van der Waals surface area contributed by atoms with Gasteiger partial charge in [-0.25, -0.2) is 13.7 Å². The number of nitrogens with zero attached hydrogens (tertiary/aromatic N) is 1. The van der Waals surface area contributed by atoms with E-state index in [4.69, 9.17) is 0 Å². The van der Waals surface area contributed by atoms with Gasteiger partial charge >= 0.3 is 23.9 Å². The zero-order valence-electron chi connectivity index (χ0n) is 9.56. The van der Waals surface area contributed by atoms with E-state index in [0.29, 0.717) is 0 Å². The van der Waals surface area contributed by atoms with Crippen molar-refractivity contribution in [2.45, 2.75) is 30.5 Å². The molecular weight excluding hydrogens is 298 g/mol. The van der Waals surface area contributed by atoms with Gasteiger partial charge in [-0.2, -0.15) is 26.3 Å². The first-order valence-electron chi connectivity index (χ1n) is 5.29. The third-order valence-corrected chi connectivity index (χ3v) is 3.07. The second kappa shape index (κ2) is 4.06. The van der Waals surface area contributed by atoms with E-state index in [2.05, 4.69) is 0 Å². The quantitative estimate of drug-likeness (QED) is 0.454. The third kappa shape index (κ3) is 1.79. The lowest BCUT2D eigenvalue weighted by molar-refractivity contribution is -0.258. The van der Waals surface area contributed by atoms with Crippen molar-refractivity contribution in [3.63, 3.8) is 0 Å². The van der Waals surface area contributed by atoms with E-state index < -0.39 is 35.4 Å². The molecule has 1 aromatic rings. The van der Waals surface area contributed by atoms with Crippen LogP contribution in [-0.2, 0) is 6.54 Å². The van der Waals surface area contributed by atoms with Crippen LogP contribution in [0.1, 0.15) is 5.56 Å². The van der Waals surface area contributed by atoms with Gasteiger partial charge in [-0.15, -0.1) is 0 Å². The maximum atomic E-state index is 13.6. The maximum Gasteiger partial charge on any atom is 0.441 e. The number of hydrogen-bond acceptors (Lipinski definition) is 1. The molecular formula is C11H7F8N. The minimum atomic E-state index is -5.99. The van der Waals surface area contributed by atoms with Gasteiger partial charge in [-0.3, -0.25) is 0 Å². The van der Waals surface area contributed by atoms with Crippen LogP contribution in [0.2, 0.25) is 0 Å². The molecule has 0 aliphatic carbocycles. The molecule has 1 saturated heterocycles. The van der Waals surface area contributed by atoms with Gasteiger partial charge in [0.1, 0.15) is 0 Å². The van der Waals surface area contributed by atoms with E-state index in [1.807, 2.05) is 0 Å². The Balaban J connectivity index is 2.37. The smallest absolute Gasteiger partial charge is 0.210 e. The molecule has 1 fully saturated rings. The van der Waals surface area contributed by atoms with Crippen LogP contribution in [0.5, 0.6) is 0 Å². The van der Waals surface area contributed by atoms with Crippen molar-refractivity contribution >= 4 is 0 Å². The van der Waals surface area contributed by atoms with Crippen molar-refractivity contribution < 1.29 is 35.1 Å². The van der Waals surface area contributed by atoms with Crippen molar-refractivity contribution in [2.24, 2.45) is 0 Å². The molecule has 0 amide bonds. The summed E-state index contributed by atoms with van der Waals surface area (Å²) in [6.45, 7) is -1.15. The van der Waals surface area contributed by atoms with E-state index in [1.165, 1.54) is 30.3 Å². The molecule has 0 radical (unpaired) electrons. The van der Waals surface area contributed by atoms with Crippen LogP contribution in [0.3, 0.4) is 0 Å². The van der Waals surface area contributed by atoms with Crippen molar-refractivity contribution in [3.05, 3.63) is 35.9 Å². The Morgan fingerprint density at radius 3 is 1.55 bits per heavy atom. The molecule has 1 aliphatic heterocycles. The Bertz CT molecular complexity index is 469. The van der Waals surface area contributed by atoms with Gasteiger partial charge in [0, 0.05) is 6.54 Å². The van der Waals surface area contributed by atoms with Gasteiger partial charge < -0.3 is 0 Å². The van der Waals surface area contributed by atoms with Crippen molar-refractivity contribution in [1.29, 1.82) is 0 Å².